The molecular weight excluding hydrogens is 290 g/mol. The third-order valence-corrected chi connectivity index (χ3v) is 4.04. The first-order chi connectivity index (χ1) is 10.2. The monoisotopic (exact) mass is 305 g/mol. The highest BCUT2D eigenvalue weighted by Crippen LogP contribution is 2.25. The summed E-state index contributed by atoms with van der Waals surface area (Å²) in [6.07, 6.45) is 5.43. The fraction of sp³-hybridized carbons (Fsp3) is 0.385. The van der Waals surface area contributed by atoms with Gasteiger partial charge in [0.05, 0.1) is 10.6 Å². The molecule has 2 saturated heterocycles. The summed E-state index contributed by atoms with van der Waals surface area (Å²) in [5.41, 5.74) is 0.601. The van der Waals surface area contributed by atoms with Crippen molar-refractivity contribution in [2.45, 2.75) is 18.9 Å². The summed E-state index contributed by atoms with van der Waals surface area (Å²) in [5, 5.41) is 8.46. The molecule has 1 atom stereocenters. The molecule has 1 aromatic heterocycles. The molecule has 2 amide bonds. The quantitative estimate of drug-likeness (QED) is 0.716. The molecule has 2 aliphatic rings. The number of nitrogens with zero attached hydrogens (tertiary/aromatic N) is 2. The smallest absolute Gasteiger partial charge is 0.290 e. The molecule has 2 aliphatic heterocycles. The van der Waals surface area contributed by atoms with Gasteiger partial charge in [-0.2, -0.15) is 0 Å². The van der Waals surface area contributed by atoms with Gasteiger partial charge in [0.2, 0.25) is 5.95 Å². The Bertz CT molecular complexity index is 598. The summed E-state index contributed by atoms with van der Waals surface area (Å²) in [7, 11) is 0. The number of carbonyl (C=O) groups excluding carboxylic acids is 2. The first kappa shape index (κ1) is 14.0. The van der Waals surface area contributed by atoms with Crippen LogP contribution in [0.4, 0.5) is 10.7 Å². The second-order valence-corrected chi connectivity index (χ2v) is 5.86. The third kappa shape index (κ3) is 3.59. The van der Waals surface area contributed by atoms with E-state index in [1.165, 1.54) is 0 Å². The molecule has 0 bridgehead atoms. The number of aromatic nitrogens is 2. The number of anilines is 1. The summed E-state index contributed by atoms with van der Waals surface area (Å²) in [6, 6.07) is 2.01. The SMILES string of the molecule is O=C1NC(=O)/C(=C/c2ccnc(N[C@H]3CCCNC3)n2)S1. The minimum atomic E-state index is -0.380. The molecule has 2 fully saturated rings. The highest BCUT2D eigenvalue weighted by Gasteiger charge is 2.25. The van der Waals surface area contributed by atoms with E-state index >= 15 is 0 Å². The Hall–Kier alpha value is -1.93. The average Bonchev–Trinajstić information content (AvgIpc) is 2.78. The van der Waals surface area contributed by atoms with Gasteiger partial charge in [-0.25, -0.2) is 9.97 Å². The van der Waals surface area contributed by atoms with E-state index in [-0.39, 0.29) is 11.1 Å². The van der Waals surface area contributed by atoms with Crippen LogP contribution in [0.5, 0.6) is 0 Å². The molecule has 110 valence electrons. The third-order valence-electron chi connectivity index (χ3n) is 3.23. The van der Waals surface area contributed by atoms with E-state index < -0.39 is 0 Å². The first-order valence-electron chi connectivity index (χ1n) is 6.76. The van der Waals surface area contributed by atoms with Crippen LogP contribution < -0.4 is 16.0 Å². The second-order valence-electron chi connectivity index (χ2n) is 4.84. The number of amides is 2. The minimum Gasteiger partial charge on any atom is -0.350 e. The maximum absolute atomic E-state index is 11.5. The Morgan fingerprint density at radius 3 is 3.05 bits per heavy atom. The molecule has 0 radical (unpaired) electrons. The van der Waals surface area contributed by atoms with Crippen LogP contribution in [0, 0.1) is 0 Å². The highest BCUT2D eigenvalue weighted by molar-refractivity contribution is 8.18. The normalized spacial score (nSPS) is 24.2. The van der Waals surface area contributed by atoms with E-state index in [1.807, 2.05) is 0 Å². The molecular formula is C13H15N5O2S. The summed E-state index contributed by atoms with van der Waals surface area (Å²) >= 11 is 0.881. The van der Waals surface area contributed by atoms with Gasteiger partial charge in [-0.05, 0) is 43.3 Å². The molecule has 1 aromatic rings. The van der Waals surface area contributed by atoms with Crippen LogP contribution in [-0.2, 0) is 4.79 Å². The van der Waals surface area contributed by atoms with Crippen LogP contribution in [0.1, 0.15) is 18.5 Å². The predicted octanol–water partition coefficient (Wildman–Crippen LogP) is 0.964. The van der Waals surface area contributed by atoms with Gasteiger partial charge in [-0.3, -0.25) is 14.9 Å². The molecule has 0 saturated carbocycles. The van der Waals surface area contributed by atoms with Crippen LogP contribution in [0.3, 0.4) is 0 Å². The number of thioether (sulfide) groups is 1. The van der Waals surface area contributed by atoms with Crippen molar-refractivity contribution in [1.29, 1.82) is 0 Å². The molecule has 0 spiro atoms. The summed E-state index contributed by atoms with van der Waals surface area (Å²) in [4.78, 5) is 31.5. The number of hydrogen-bond acceptors (Lipinski definition) is 7. The molecule has 21 heavy (non-hydrogen) atoms. The minimum absolute atomic E-state index is 0.312. The van der Waals surface area contributed by atoms with Crippen molar-refractivity contribution in [1.82, 2.24) is 20.6 Å². The number of imide groups is 1. The van der Waals surface area contributed by atoms with E-state index in [2.05, 4.69) is 25.9 Å². The van der Waals surface area contributed by atoms with Gasteiger partial charge in [0.1, 0.15) is 0 Å². The number of nitrogens with one attached hydrogen (secondary N) is 3. The molecule has 3 rings (SSSR count). The molecule has 8 heteroatoms. The molecule has 0 unspecified atom stereocenters. The first-order valence-corrected chi connectivity index (χ1v) is 7.57. The summed E-state index contributed by atoms with van der Waals surface area (Å²) < 4.78 is 0. The van der Waals surface area contributed by atoms with Crippen LogP contribution in [0.2, 0.25) is 0 Å². The van der Waals surface area contributed by atoms with Crippen LogP contribution in [-0.4, -0.2) is 40.2 Å². The van der Waals surface area contributed by atoms with Gasteiger partial charge in [0.25, 0.3) is 11.1 Å². The molecule has 0 aromatic carbocycles. The van der Waals surface area contributed by atoms with Crippen molar-refractivity contribution in [3.05, 3.63) is 22.9 Å². The van der Waals surface area contributed by atoms with Gasteiger partial charge in [0, 0.05) is 18.8 Å². The number of hydrogen-bond donors (Lipinski definition) is 3. The van der Waals surface area contributed by atoms with E-state index in [9.17, 15) is 9.59 Å². The van der Waals surface area contributed by atoms with Gasteiger partial charge < -0.3 is 10.6 Å². The average molecular weight is 305 g/mol. The highest BCUT2D eigenvalue weighted by atomic mass is 32.2. The number of piperidine rings is 1. The fourth-order valence-electron chi connectivity index (χ4n) is 2.24. The number of carbonyl (C=O) groups is 2. The summed E-state index contributed by atoms with van der Waals surface area (Å²) in [6.45, 7) is 1.94. The van der Waals surface area contributed by atoms with E-state index in [0.29, 0.717) is 22.6 Å². The van der Waals surface area contributed by atoms with Crippen molar-refractivity contribution in [3.8, 4) is 0 Å². The zero-order chi connectivity index (χ0) is 14.7. The summed E-state index contributed by atoms with van der Waals surface area (Å²) in [5.74, 6) is 0.155. The lowest BCUT2D eigenvalue weighted by molar-refractivity contribution is -0.115. The van der Waals surface area contributed by atoms with Crippen molar-refractivity contribution in [2.24, 2.45) is 0 Å². The zero-order valence-electron chi connectivity index (χ0n) is 11.3. The predicted molar refractivity (Wildman–Crippen MR) is 80.7 cm³/mol. The fourth-order valence-corrected chi connectivity index (χ4v) is 2.90. The molecule has 3 heterocycles. The molecule has 0 aliphatic carbocycles. The Morgan fingerprint density at radius 1 is 1.43 bits per heavy atom. The van der Waals surface area contributed by atoms with Crippen LogP contribution >= 0.6 is 11.8 Å². The Balaban J connectivity index is 1.72. The van der Waals surface area contributed by atoms with Crippen LogP contribution in [0.15, 0.2) is 17.2 Å². The molecule has 7 nitrogen and oxygen atoms in total. The maximum atomic E-state index is 11.5. The lowest BCUT2D eigenvalue weighted by Gasteiger charge is -2.23. The maximum Gasteiger partial charge on any atom is 0.290 e. The standard InChI is InChI=1S/C13H15N5O2S/c19-11-10(21-13(20)18-11)6-8-3-5-15-12(16-8)17-9-2-1-4-14-7-9/h3,5-6,9,14H,1-2,4,7H2,(H,15,16,17)(H,18,19,20)/b10-6-/t9-/m0/s1. The van der Waals surface area contributed by atoms with Gasteiger partial charge in [-0.1, -0.05) is 0 Å². The van der Waals surface area contributed by atoms with Crippen molar-refractivity contribution in [3.63, 3.8) is 0 Å². The van der Waals surface area contributed by atoms with Crippen molar-refractivity contribution < 1.29 is 9.59 Å². The largest absolute Gasteiger partial charge is 0.350 e. The lowest BCUT2D eigenvalue weighted by atomic mass is 10.1. The Labute approximate surface area is 126 Å². The number of rotatable bonds is 3. The van der Waals surface area contributed by atoms with E-state index in [1.54, 1.807) is 18.3 Å². The lowest BCUT2D eigenvalue weighted by Crippen LogP contribution is -2.38. The van der Waals surface area contributed by atoms with Gasteiger partial charge in [-0.15, -0.1) is 0 Å². The van der Waals surface area contributed by atoms with Crippen LogP contribution in [0.25, 0.3) is 6.08 Å². The zero-order valence-corrected chi connectivity index (χ0v) is 12.1. The van der Waals surface area contributed by atoms with E-state index in [4.69, 9.17) is 0 Å². The van der Waals surface area contributed by atoms with Gasteiger partial charge in [0.15, 0.2) is 0 Å². The second kappa shape index (κ2) is 6.23. The van der Waals surface area contributed by atoms with E-state index in [0.717, 1.165) is 37.7 Å². The van der Waals surface area contributed by atoms with Crippen molar-refractivity contribution >= 4 is 34.9 Å². The molecule has 3 N–H and O–H groups in total. The van der Waals surface area contributed by atoms with Crippen molar-refractivity contribution in [2.75, 3.05) is 18.4 Å². The van der Waals surface area contributed by atoms with Gasteiger partial charge >= 0.3 is 0 Å². The Morgan fingerprint density at radius 2 is 2.33 bits per heavy atom. The topological polar surface area (TPSA) is 96.0 Å². The Kier molecular flexibility index (Phi) is 4.16.